The highest BCUT2D eigenvalue weighted by Crippen LogP contribution is 2.42. The first-order valence-electron chi connectivity index (χ1n) is 10.0. The zero-order valence-corrected chi connectivity index (χ0v) is 20.2. The van der Waals surface area contributed by atoms with E-state index in [9.17, 15) is 4.79 Å². The van der Waals surface area contributed by atoms with Gasteiger partial charge in [-0.25, -0.2) is 0 Å². The molecule has 0 aliphatic carbocycles. The van der Waals surface area contributed by atoms with Crippen LogP contribution in [0.25, 0.3) is 0 Å². The van der Waals surface area contributed by atoms with Gasteiger partial charge >= 0.3 is 5.97 Å². The number of carbonyl (C=O) groups is 1. The van der Waals surface area contributed by atoms with Gasteiger partial charge in [0.1, 0.15) is 5.75 Å². The van der Waals surface area contributed by atoms with Crippen molar-refractivity contribution < 1.29 is 14.3 Å². The topological polar surface area (TPSA) is 35.5 Å². The molecule has 3 nitrogen and oxygen atoms in total. The van der Waals surface area contributed by atoms with Crippen molar-refractivity contribution in [2.75, 3.05) is 7.11 Å². The van der Waals surface area contributed by atoms with Crippen LogP contribution in [0.4, 0.5) is 0 Å². The maximum atomic E-state index is 12.6. The lowest BCUT2D eigenvalue weighted by Crippen LogP contribution is -2.14. The Kier molecular flexibility index (Phi) is 10.6. The van der Waals surface area contributed by atoms with Crippen LogP contribution in [0.1, 0.15) is 69.1 Å². The first kappa shape index (κ1) is 25.1. The Balaban J connectivity index is 2.24. The molecule has 0 heterocycles. The summed E-state index contributed by atoms with van der Waals surface area (Å²) in [4.78, 5) is 12.6. The van der Waals surface area contributed by atoms with Crippen LogP contribution in [-0.2, 0) is 9.53 Å². The van der Waals surface area contributed by atoms with Crippen LogP contribution in [0.15, 0.2) is 30.3 Å². The monoisotopic (exact) mass is 490 g/mol. The molecule has 0 aromatic heterocycles. The molecule has 0 saturated heterocycles. The van der Waals surface area contributed by atoms with E-state index in [0.717, 1.165) is 19.3 Å². The number of methoxy groups -OCH3 is 1. The minimum atomic E-state index is -0.853. The molecule has 2 aromatic carbocycles. The van der Waals surface area contributed by atoms with Crippen LogP contribution in [-0.4, -0.2) is 13.1 Å². The van der Waals surface area contributed by atoms with Crippen LogP contribution < -0.4 is 4.74 Å². The third-order valence-corrected chi connectivity index (χ3v) is 5.97. The maximum absolute atomic E-state index is 12.6. The lowest BCUT2D eigenvalue weighted by atomic mass is 10.0. The first-order chi connectivity index (χ1) is 14.4. The van der Waals surface area contributed by atoms with Crippen molar-refractivity contribution in [1.29, 1.82) is 0 Å². The molecule has 7 heteroatoms. The summed E-state index contributed by atoms with van der Waals surface area (Å²) < 4.78 is 11.0. The smallest absolute Gasteiger partial charge is 0.306 e. The Hall–Kier alpha value is -1.13. The van der Waals surface area contributed by atoms with Crippen molar-refractivity contribution in [1.82, 2.24) is 0 Å². The van der Waals surface area contributed by atoms with Gasteiger partial charge in [0.25, 0.3) is 0 Å². The summed E-state index contributed by atoms with van der Waals surface area (Å²) in [5.74, 6) is 0.178. The summed E-state index contributed by atoms with van der Waals surface area (Å²) in [6.07, 6.45) is 5.94. The van der Waals surface area contributed by atoms with E-state index in [0.29, 0.717) is 43.4 Å². The van der Waals surface area contributed by atoms with Gasteiger partial charge in [0.15, 0.2) is 6.10 Å². The number of rotatable bonds is 11. The Morgan fingerprint density at radius 1 is 0.900 bits per heavy atom. The van der Waals surface area contributed by atoms with Crippen molar-refractivity contribution in [3.63, 3.8) is 0 Å². The molecule has 0 aliphatic rings. The zero-order valence-electron chi connectivity index (χ0n) is 17.2. The standard InChI is InChI=1S/C23H26Cl4O3/c1-3-4-5-6-7-8-9-21(28)30-23(17-11-10-15(24)12-18(17)25)22-19(26)13-16(29-2)14-20(22)27/h10-14,23H,3-9H2,1-2H3/t23-/m0/s1. The number of unbranched alkanes of at least 4 members (excludes halogenated alkanes) is 5. The molecule has 0 N–H and O–H groups in total. The summed E-state index contributed by atoms with van der Waals surface area (Å²) >= 11 is 25.4. The van der Waals surface area contributed by atoms with Gasteiger partial charge in [0.05, 0.1) is 17.2 Å². The number of esters is 1. The fraction of sp³-hybridized carbons (Fsp3) is 0.435. The molecule has 0 unspecified atom stereocenters. The molecule has 0 bridgehead atoms. The Bertz CT molecular complexity index is 831. The highest BCUT2D eigenvalue weighted by Gasteiger charge is 2.27. The second-order valence-electron chi connectivity index (χ2n) is 7.06. The number of benzene rings is 2. The highest BCUT2D eigenvalue weighted by atomic mass is 35.5. The lowest BCUT2D eigenvalue weighted by molar-refractivity contribution is -0.147. The van der Waals surface area contributed by atoms with E-state index in [1.54, 1.807) is 30.3 Å². The molecule has 0 fully saturated rings. The van der Waals surface area contributed by atoms with E-state index in [1.807, 2.05) is 0 Å². The van der Waals surface area contributed by atoms with E-state index < -0.39 is 6.10 Å². The van der Waals surface area contributed by atoms with E-state index in [2.05, 4.69) is 6.92 Å². The van der Waals surface area contributed by atoms with Gasteiger partial charge in [-0.2, -0.15) is 0 Å². The van der Waals surface area contributed by atoms with Gasteiger partial charge in [-0.3, -0.25) is 4.79 Å². The SMILES string of the molecule is CCCCCCCCC(=O)O[C@@H](c1ccc(Cl)cc1Cl)c1c(Cl)cc(OC)cc1Cl. The third-order valence-electron chi connectivity index (χ3n) is 4.78. The van der Waals surface area contributed by atoms with Crippen LogP contribution in [0.5, 0.6) is 5.75 Å². The largest absolute Gasteiger partial charge is 0.497 e. The summed E-state index contributed by atoms with van der Waals surface area (Å²) in [5.41, 5.74) is 1.02. The van der Waals surface area contributed by atoms with E-state index >= 15 is 0 Å². The van der Waals surface area contributed by atoms with Gasteiger partial charge < -0.3 is 9.47 Å². The number of hydrogen-bond acceptors (Lipinski definition) is 3. The number of halogens is 4. The average molecular weight is 492 g/mol. The molecular weight excluding hydrogens is 466 g/mol. The maximum Gasteiger partial charge on any atom is 0.306 e. The van der Waals surface area contributed by atoms with Crippen LogP contribution in [0, 0.1) is 0 Å². The van der Waals surface area contributed by atoms with Gasteiger partial charge in [0.2, 0.25) is 0 Å². The molecule has 164 valence electrons. The minimum absolute atomic E-state index is 0.319. The van der Waals surface area contributed by atoms with Gasteiger partial charge in [-0.05, 0) is 30.7 Å². The quantitative estimate of drug-likeness (QED) is 0.233. The van der Waals surface area contributed by atoms with Crippen molar-refractivity contribution in [3.8, 4) is 5.75 Å². The molecule has 30 heavy (non-hydrogen) atoms. The van der Waals surface area contributed by atoms with Crippen LogP contribution in [0.3, 0.4) is 0 Å². The van der Waals surface area contributed by atoms with Crippen molar-refractivity contribution in [2.45, 2.75) is 58.0 Å². The Morgan fingerprint density at radius 2 is 1.53 bits per heavy atom. The molecule has 2 rings (SSSR count). The van der Waals surface area contributed by atoms with Crippen molar-refractivity contribution in [2.24, 2.45) is 0 Å². The fourth-order valence-corrected chi connectivity index (χ4v) is 4.33. The molecule has 0 radical (unpaired) electrons. The molecule has 2 aromatic rings. The lowest BCUT2D eigenvalue weighted by Gasteiger charge is -2.22. The normalized spacial score (nSPS) is 11.9. The van der Waals surface area contributed by atoms with Gasteiger partial charge in [-0.15, -0.1) is 0 Å². The fourth-order valence-electron chi connectivity index (χ4n) is 3.16. The predicted octanol–water partition coefficient (Wildman–Crippen LogP) is 8.69. The molecule has 0 aliphatic heterocycles. The zero-order chi connectivity index (χ0) is 22.1. The van der Waals surface area contributed by atoms with E-state index in [1.165, 1.54) is 26.4 Å². The second-order valence-corrected chi connectivity index (χ2v) is 8.72. The molecular formula is C23H26Cl4O3. The molecule has 0 amide bonds. The van der Waals surface area contributed by atoms with Gasteiger partial charge in [-0.1, -0.05) is 91.5 Å². The average Bonchev–Trinajstić information content (AvgIpc) is 2.69. The molecule has 0 saturated carbocycles. The van der Waals surface area contributed by atoms with Crippen LogP contribution in [0.2, 0.25) is 20.1 Å². The summed E-state index contributed by atoms with van der Waals surface area (Å²) in [6, 6.07) is 8.24. The summed E-state index contributed by atoms with van der Waals surface area (Å²) in [6.45, 7) is 2.18. The third kappa shape index (κ3) is 7.23. The predicted molar refractivity (Wildman–Crippen MR) is 125 cm³/mol. The van der Waals surface area contributed by atoms with Crippen molar-refractivity contribution in [3.05, 3.63) is 61.5 Å². The van der Waals surface area contributed by atoms with Crippen LogP contribution >= 0.6 is 46.4 Å². The number of ether oxygens (including phenoxy) is 2. The molecule has 0 spiro atoms. The number of hydrogen-bond donors (Lipinski definition) is 0. The first-order valence-corrected chi connectivity index (χ1v) is 11.6. The van der Waals surface area contributed by atoms with Gasteiger partial charge in [0, 0.05) is 27.6 Å². The second kappa shape index (κ2) is 12.7. The summed E-state index contributed by atoms with van der Waals surface area (Å²) in [7, 11) is 1.52. The Morgan fingerprint density at radius 3 is 2.13 bits per heavy atom. The minimum Gasteiger partial charge on any atom is -0.497 e. The molecule has 1 atom stereocenters. The Labute approximate surface area is 198 Å². The van der Waals surface area contributed by atoms with E-state index in [-0.39, 0.29) is 5.97 Å². The number of carbonyl (C=O) groups excluding carboxylic acids is 1. The highest BCUT2D eigenvalue weighted by molar-refractivity contribution is 6.37. The van der Waals surface area contributed by atoms with Crippen molar-refractivity contribution >= 4 is 52.4 Å². The van der Waals surface area contributed by atoms with E-state index in [4.69, 9.17) is 55.9 Å². The summed E-state index contributed by atoms with van der Waals surface area (Å²) in [5, 5.41) is 1.49.